The first-order valence-corrected chi connectivity index (χ1v) is 5.07. The lowest BCUT2D eigenvalue weighted by atomic mass is 9.77. The Bertz CT molecular complexity index is 244. The third-order valence-electron chi connectivity index (χ3n) is 3.64. The fourth-order valence-electron chi connectivity index (χ4n) is 3.22. The Kier molecular flexibility index (Phi) is 1.73. The van der Waals surface area contributed by atoms with Crippen molar-refractivity contribution in [3.63, 3.8) is 0 Å². The van der Waals surface area contributed by atoms with Crippen LogP contribution in [0, 0.1) is 16.7 Å². The van der Waals surface area contributed by atoms with Gasteiger partial charge in [-0.15, -0.1) is 0 Å². The molecule has 74 valence electrons. The summed E-state index contributed by atoms with van der Waals surface area (Å²) in [6.07, 6.45) is 3.01. The molecule has 0 radical (unpaired) electrons. The Balaban J connectivity index is 2.19. The standard InChI is InChI=1S/C11H18O2/c1-10(2)5-8-4-9(12)13-7-11(8,3)6-10/h8H,4-7H2,1-3H3/t8-,11-/m0/s1. The highest BCUT2D eigenvalue weighted by molar-refractivity contribution is 5.70. The van der Waals surface area contributed by atoms with Crippen molar-refractivity contribution in [1.82, 2.24) is 0 Å². The molecule has 1 saturated carbocycles. The van der Waals surface area contributed by atoms with Crippen LogP contribution in [0.4, 0.5) is 0 Å². The molecule has 0 unspecified atom stereocenters. The Morgan fingerprint density at radius 3 is 2.77 bits per heavy atom. The largest absolute Gasteiger partial charge is 0.465 e. The molecule has 0 amide bonds. The van der Waals surface area contributed by atoms with E-state index in [-0.39, 0.29) is 11.4 Å². The predicted molar refractivity (Wildman–Crippen MR) is 50.2 cm³/mol. The average molecular weight is 182 g/mol. The Morgan fingerprint density at radius 1 is 1.38 bits per heavy atom. The quantitative estimate of drug-likeness (QED) is 0.538. The van der Waals surface area contributed by atoms with Crippen LogP contribution in [0.25, 0.3) is 0 Å². The van der Waals surface area contributed by atoms with Crippen LogP contribution in [-0.2, 0) is 9.53 Å². The van der Waals surface area contributed by atoms with E-state index in [0.29, 0.717) is 24.4 Å². The minimum Gasteiger partial charge on any atom is -0.465 e. The molecule has 0 bridgehead atoms. The van der Waals surface area contributed by atoms with Gasteiger partial charge in [-0.25, -0.2) is 0 Å². The molecule has 1 aliphatic heterocycles. The summed E-state index contributed by atoms with van der Waals surface area (Å²) in [6.45, 7) is 7.49. The third kappa shape index (κ3) is 1.47. The second-order valence-corrected chi connectivity index (χ2v) is 5.76. The number of hydrogen-bond donors (Lipinski definition) is 0. The molecule has 2 heteroatoms. The maximum absolute atomic E-state index is 11.1. The number of esters is 1. The fraction of sp³-hybridized carbons (Fsp3) is 0.909. The zero-order chi connectivity index (χ0) is 9.69. The highest BCUT2D eigenvalue weighted by atomic mass is 16.5. The minimum absolute atomic E-state index is 0.000162. The molecule has 2 rings (SSSR count). The van der Waals surface area contributed by atoms with Gasteiger partial charge in [-0.1, -0.05) is 20.8 Å². The summed E-state index contributed by atoms with van der Waals surface area (Å²) in [7, 11) is 0. The van der Waals surface area contributed by atoms with Crippen LogP contribution >= 0.6 is 0 Å². The van der Waals surface area contributed by atoms with E-state index in [1.165, 1.54) is 12.8 Å². The van der Waals surface area contributed by atoms with Crippen LogP contribution in [0.3, 0.4) is 0 Å². The van der Waals surface area contributed by atoms with Crippen molar-refractivity contribution in [3.05, 3.63) is 0 Å². The number of ether oxygens (including phenoxy) is 1. The van der Waals surface area contributed by atoms with Gasteiger partial charge < -0.3 is 4.74 Å². The number of carbonyl (C=O) groups excluding carboxylic acids is 1. The molecule has 0 N–H and O–H groups in total. The van der Waals surface area contributed by atoms with Gasteiger partial charge >= 0.3 is 5.97 Å². The number of fused-ring (bicyclic) bond motifs is 1. The first-order valence-electron chi connectivity index (χ1n) is 5.07. The number of rotatable bonds is 0. The van der Waals surface area contributed by atoms with E-state index in [2.05, 4.69) is 20.8 Å². The van der Waals surface area contributed by atoms with Gasteiger partial charge in [0.2, 0.25) is 0 Å². The Labute approximate surface area is 79.7 Å². The van der Waals surface area contributed by atoms with E-state index in [4.69, 9.17) is 4.74 Å². The number of carbonyl (C=O) groups is 1. The van der Waals surface area contributed by atoms with Gasteiger partial charge in [0.25, 0.3) is 0 Å². The van der Waals surface area contributed by atoms with Crippen molar-refractivity contribution in [3.8, 4) is 0 Å². The van der Waals surface area contributed by atoms with E-state index >= 15 is 0 Å². The van der Waals surface area contributed by atoms with E-state index in [9.17, 15) is 4.79 Å². The van der Waals surface area contributed by atoms with Gasteiger partial charge in [0.05, 0.1) is 6.61 Å². The highest BCUT2D eigenvalue weighted by Gasteiger charge is 2.51. The van der Waals surface area contributed by atoms with E-state index in [0.717, 1.165) is 0 Å². The van der Waals surface area contributed by atoms with Crippen molar-refractivity contribution in [2.24, 2.45) is 16.7 Å². The minimum atomic E-state index is 0.000162. The summed E-state index contributed by atoms with van der Waals surface area (Å²) in [5.74, 6) is 0.559. The molecule has 13 heavy (non-hydrogen) atoms. The lowest BCUT2D eigenvalue weighted by Crippen LogP contribution is -2.36. The highest BCUT2D eigenvalue weighted by Crippen LogP contribution is 2.55. The maximum atomic E-state index is 11.1. The van der Waals surface area contributed by atoms with Crippen molar-refractivity contribution in [1.29, 1.82) is 0 Å². The summed E-state index contributed by atoms with van der Waals surface area (Å²) in [5, 5.41) is 0. The Morgan fingerprint density at radius 2 is 2.08 bits per heavy atom. The maximum Gasteiger partial charge on any atom is 0.306 e. The van der Waals surface area contributed by atoms with Crippen molar-refractivity contribution >= 4 is 5.97 Å². The van der Waals surface area contributed by atoms with Crippen LogP contribution in [0.2, 0.25) is 0 Å². The zero-order valence-corrected chi connectivity index (χ0v) is 8.72. The number of cyclic esters (lactones) is 1. The third-order valence-corrected chi connectivity index (χ3v) is 3.64. The normalized spacial score (nSPS) is 42.7. The van der Waals surface area contributed by atoms with Crippen LogP contribution in [0.15, 0.2) is 0 Å². The Hall–Kier alpha value is -0.530. The summed E-state index contributed by atoms with van der Waals surface area (Å²) in [5.41, 5.74) is 0.658. The first kappa shape index (κ1) is 9.04. The van der Waals surface area contributed by atoms with Crippen molar-refractivity contribution in [2.45, 2.75) is 40.0 Å². The lowest BCUT2D eigenvalue weighted by molar-refractivity contribution is -0.157. The molecule has 0 spiro atoms. The van der Waals surface area contributed by atoms with Crippen molar-refractivity contribution < 1.29 is 9.53 Å². The lowest BCUT2D eigenvalue weighted by Gasteiger charge is -2.34. The van der Waals surface area contributed by atoms with Gasteiger partial charge in [-0.3, -0.25) is 4.79 Å². The molecule has 1 saturated heterocycles. The average Bonchev–Trinajstić information content (AvgIpc) is 2.18. The van der Waals surface area contributed by atoms with Gasteiger partial charge in [0.1, 0.15) is 0 Å². The molecule has 2 atom stereocenters. The molecule has 2 nitrogen and oxygen atoms in total. The second-order valence-electron chi connectivity index (χ2n) is 5.76. The van der Waals surface area contributed by atoms with Crippen molar-refractivity contribution in [2.75, 3.05) is 6.61 Å². The molecular weight excluding hydrogens is 164 g/mol. The van der Waals surface area contributed by atoms with Crippen LogP contribution in [0.1, 0.15) is 40.0 Å². The smallest absolute Gasteiger partial charge is 0.306 e. The molecular formula is C11H18O2. The summed E-state index contributed by atoms with van der Waals surface area (Å²) < 4.78 is 5.15. The monoisotopic (exact) mass is 182 g/mol. The fourth-order valence-corrected chi connectivity index (χ4v) is 3.22. The molecule has 2 aliphatic rings. The van der Waals surface area contributed by atoms with Crippen LogP contribution in [0.5, 0.6) is 0 Å². The van der Waals surface area contributed by atoms with E-state index < -0.39 is 0 Å². The van der Waals surface area contributed by atoms with Gasteiger partial charge in [-0.2, -0.15) is 0 Å². The molecule has 1 heterocycles. The molecule has 0 aromatic rings. The molecule has 0 aromatic heterocycles. The zero-order valence-electron chi connectivity index (χ0n) is 8.72. The van der Waals surface area contributed by atoms with Crippen LogP contribution in [-0.4, -0.2) is 12.6 Å². The van der Waals surface area contributed by atoms with Gasteiger partial charge in [-0.05, 0) is 24.2 Å². The molecule has 1 aliphatic carbocycles. The summed E-state index contributed by atoms with van der Waals surface area (Å²) >= 11 is 0. The molecule has 2 fully saturated rings. The van der Waals surface area contributed by atoms with Crippen LogP contribution < -0.4 is 0 Å². The summed E-state index contributed by atoms with van der Waals surface area (Å²) in [6, 6.07) is 0. The predicted octanol–water partition coefficient (Wildman–Crippen LogP) is 2.38. The SMILES string of the molecule is CC1(C)C[C@@H]2CC(=O)OC[C@]2(C)C1. The first-order chi connectivity index (χ1) is 5.91. The number of hydrogen-bond acceptors (Lipinski definition) is 2. The molecule has 0 aromatic carbocycles. The van der Waals surface area contributed by atoms with E-state index in [1.54, 1.807) is 0 Å². The topological polar surface area (TPSA) is 26.3 Å². The van der Waals surface area contributed by atoms with E-state index in [1.807, 2.05) is 0 Å². The van der Waals surface area contributed by atoms with Gasteiger partial charge in [0, 0.05) is 11.8 Å². The second kappa shape index (κ2) is 2.49. The van der Waals surface area contributed by atoms with Gasteiger partial charge in [0.15, 0.2) is 0 Å². The summed E-state index contributed by atoms with van der Waals surface area (Å²) in [4.78, 5) is 11.1.